The lowest BCUT2D eigenvalue weighted by molar-refractivity contribution is -0.116. The molecule has 1 aliphatic heterocycles. The first-order chi connectivity index (χ1) is 9.45. The van der Waals surface area contributed by atoms with Gasteiger partial charge in [-0.15, -0.1) is 6.58 Å². The molecule has 0 atom stereocenters. The van der Waals surface area contributed by atoms with Gasteiger partial charge < -0.3 is 5.32 Å². The molecule has 1 aromatic carbocycles. The van der Waals surface area contributed by atoms with Crippen molar-refractivity contribution in [3.63, 3.8) is 0 Å². The second kappa shape index (κ2) is 5.46. The minimum absolute atomic E-state index is 0.0100. The van der Waals surface area contributed by atoms with Gasteiger partial charge in [0.15, 0.2) is 0 Å². The molecule has 0 bridgehead atoms. The van der Waals surface area contributed by atoms with Crippen LogP contribution in [0.25, 0.3) is 0 Å². The third-order valence-corrected chi connectivity index (χ3v) is 4.54. The Morgan fingerprint density at radius 3 is 2.50 bits per heavy atom. The Kier molecular flexibility index (Phi) is 3.89. The molecule has 0 radical (unpaired) electrons. The standard InChI is InChI=1S/C13H14N2O4S/c1-2-8-14-13(17)10-3-5-11(6-4-10)15-12(16)7-9-20(15,18)19/h2-6H,1,7-9H2,(H,14,17). The second-order valence-electron chi connectivity index (χ2n) is 4.27. The zero-order valence-electron chi connectivity index (χ0n) is 10.7. The average molecular weight is 294 g/mol. The summed E-state index contributed by atoms with van der Waals surface area (Å²) < 4.78 is 24.3. The molecule has 0 aromatic heterocycles. The minimum Gasteiger partial charge on any atom is -0.349 e. The maximum absolute atomic E-state index is 11.7. The number of carbonyl (C=O) groups is 2. The molecule has 20 heavy (non-hydrogen) atoms. The topological polar surface area (TPSA) is 83.6 Å². The molecule has 106 valence electrons. The van der Waals surface area contributed by atoms with Crippen molar-refractivity contribution in [2.24, 2.45) is 0 Å². The molecule has 0 spiro atoms. The third kappa shape index (κ3) is 2.72. The summed E-state index contributed by atoms with van der Waals surface area (Å²) in [6.45, 7) is 3.84. The van der Waals surface area contributed by atoms with Gasteiger partial charge in [-0.1, -0.05) is 6.08 Å². The number of rotatable bonds is 4. The first-order valence-corrected chi connectivity index (χ1v) is 7.61. The normalized spacial score (nSPS) is 17.0. The molecule has 1 saturated heterocycles. The van der Waals surface area contributed by atoms with Crippen molar-refractivity contribution in [3.8, 4) is 0 Å². The van der Waals surface area contributed by atoms with Gasteiger partial charge in [0, 0.05) is 18.5 Å². The lowest BCUT2D eigenvalue weighted by Crippen LogP contribution is -2.29. The minimum atomic E-state index is -3.57. The van der Waals surface area contributed by atoms with E-state index in [2.05, 4.69) is 11.9 Å². The summed E-state index contributed by atoms with van der Waals surface area (Å²) >= 11 is 0. The molecule has 0 unspecified atom stereocenters. The van der Waals surface area contributed by atoms with Crippen LogP contribution in [0.5, 0.6) is 0 Å². The van der Waals surface area contributed by atoms with E-state index in [1.54, 1.807) is 6.08 Å². The number of anilines is 1. The van der Waals surface area contributed by atoms with Crippen molar-refractivity contribution in [1.29, 1.82) is 0 Å². The van der Waals surface area contributed by atoms with Gasteiger partial charge in [0.05, 0.1) is 11.4 Å². The highest BCUT2D eigenvalue weighted by atomic mass is 32.2. The van der Waals surface area contributed by atoms with E-state index in [4.69, 9.17) is 0 Å². The van der Waals surface area contributed by atoms with E-state index < -0.39 is 15.9 Å². The van der Waals surface area contributed by atoms with Crippen molar-refractivity contribution in [2.45, 2.75) is 6.42 Å². The van der Waals surface area contributed by atoms with Gasteiger partial charge in [-0.05, 0) is 24.3 Å². The Bertz CT molecular complexity index is 649. The quantitative estimate of drug-likeness (QED) is 0.827. The van der Waals surface area contributed by atoms with Gasteiger partial charge in [0.2, 0.25) is 15.9 Å². The van der Waals surface area contributed by atoms with Gasteiger partial charge in [-0.25, -0.2) is 12.7 Å². The lowest BCUT2D eigenvalue weighted by atomic mass is 10.2. The van der Waals surface area contributed by atoms with E-state index in [9.17, 15) is 18.0 Å². The van der Waals surface area contributed by atoms with Crippen molar-refractivity contribution >= 4 is 27.5 Å². The summed E-state index contributed by atoms with van der Waals surface area (Å²) in [5.41, 5.74) is 0.646. The fourth-order valence-corrected chi connectivity index (χ4v) is 3.34. The number of carbonyl (C=O) groups excluding carboxylic acids is 2. The second-order valence-corrected chi connectivity index (χ2v) is 6.21. The number of nitrogens with one attached hydrogen (secondary N) is 1. The van der Waals surface area contributed by atoms with E-state index in [0.717, 1.165) is 4.31 Å². The fourth-order valence-electron chi connectivity index (χ4n) is 1.88. The van der Waals surface area contributed by atoms with Crippen LogP contribution < -0.4 is 9.62 Å². The van der Waals surface area contributed by atoms with Crippen LogP contribution in [0.1, 0.15) is 16.8 Å². The zero-order chi connectivity index (χ0) is 14.8. The number of amides is 2. The Morgan fingerprint density at radius 2 is 2.00 bits per heavy atom. The van der Waals surface area contributed by atoms with Crippen LogP contribution in [0.3, 0.4) is 0 Å². The highest BCUT2D eigenvalue weighted by molar-refractivity contribution is 7.94. The highest BCUT2D eigenvalue weighted by Gasteiger charge is 2.36. The summed E-state index contributed by atoms with van der Waals surface area (Å²) in [4.78, 5) is 23.3. The SMILES string of the molecule is C=CCNC(=O)c1ccc(N2C(=O)CCS2(=O)=O)cc1. The third-order valence-electron chi connectivity index (χ3n) is 2.85. The summed E-state index contributed by atoms with van der Waals surface area (Å²) in [6.07, 6.45) is 1.55. The van der Waals surface area contributed by atoms with Crippen molar-refractivity contribution < 1.29 is 18.0 Å². The summed E-state index contributed by atoms with van der Waals surface area (Å²) in [6, 6.07) is 5.86. The maximum Gasteiger partial charge on any atom is 0.251 e. The zero-order valence-corrected chi connectivity index (χ0v) is 11.5. The van der Waals surface area contributed by atoms with Gasteiger partial charge >= 0.3 is 0 Å². The van der Waals surface area contributed by atoms with Crippen LogP contribution in [0.15, 0.2) is 36.9 Å². The number of hydrogen-bond acceptors (Lipinski definition) is 4. The van der Waals surface area contributed by atoms with Gasteiger partial charge in [-0.3, -0.25) is 9.59 Å². The molecule has 0 saturated carbocycles. The van der Waals surface area contributed by atoms with Gasteiger partial charge in [0.25, 0.3) is 5.91 Å². The molecule has 1 aliphatic rings. The molecule has 2 amide bonds. The predicted molar refractivity (Wildman–Crippen MR) is 74.9 cm³/mol. The lowest BCUT2D eigenvalue weighted by Gasteiger charge is -2.15. The number of benzene rings is 1. The van der Waals surface area contributed by atoms with Gasteiger partial charge in [-0.2, -0.15) is 0 Å². The molecule has 2 rings (SSSR count). The van der Waals surface area contributed by atoms with Crippen molar-refractivity contribution in [2.75, 3.05) is 16.6 Å². The number of nitrogens with zero attached hydrogens (tertiary/aromatic N) is 1. The molecule has 0 aliphatic carbocycles. The van der Waals surface area contributed by atoms with Crippen LogP contribution in [0.2, 0.25) is 0 Å². The number of hydrogen-bond donors (Lipinski definition) is 1. The molecule has 1 heterocycles. The average Bonchev–Trinajstić information content (AvgIpc) is 2.70. The maximum atomic E-state index is 11.7. The summed E-state index contributed by atoms with van der Waals surface area (Å²) in [5.74, 6) is -0.908. The Balaban J connectivity index is 2.22. The summed E-state index contributed by atoms with van der Waals surface area (Å²) in [7, 11) is -3.57. The summed E-state index contributed by atoms with van der Waals surface area (Å²) in [5, 5.41) is 2.61. The molecule has 1 aromatic rings. The van der Waals surface area contributed by atoms with E-state index in [1.165, 1.54) is 24.3 Å². The highest BCUT2D eigenvalue weighted by Crippen LogP contribution is 2.25. The van der Waals surface area contributed by atoms with Crippen LogP contribution >= 0.6 is 0 Å². The molecule has 1 N–H and O–H groups in total. The molecule has 1 fully saturated rings. The fraction of sp³-hybridized carbons (Fsp3) is 0.231. The van der Waals surface area contributed by atoms with Crippen LogP contribution in [0, 0.1) is 0 Å². The Morgan fingerprint density at radius 1 is 1.35 bits per heavy atom. The predicted octanol–water partition coefficient (Wildman–Crippen LogP) is 0.669. The first-order valence-electron chi connectivity index (χ1n) is 6.01. The van der Waals surface area contributed by atoms with E-state index in [0.29, 0.717) is 12.1 Å². The Labute approximate surface area is 117 Å². The largest absolute Gasteiger partial charge is 0.349 e. The van der Waals surface area contributed by atoms with Crippen LogP contribution in [-0.4, -0.2) is 32.5 Å². The van der Waals surface area contributed by atoms with E-state index in [1.807, 2.05) is 0 Å². The molecular formula is C13H14N2O4S. The molecule has 7 heteroatoms. The van der Waals surface area contributed by atoms with Gasteiger partial charge in [0.1, 0.15) is 0 Å². The van der Waals surface area contributed by atoms with Crippen molar-refractivity contribution in [3.05, 3.63) is 42.5 Å². The van der Waals surface area contributed by atoms with Crippen LogP contribution in [-0.2, 0) is 14.8 Å². The monoisotopic (exact) mass is 294 g/mol. The number of sulfonamides is 1. The van der Waals surface area contributed by atoms with Crippen LogP contribution in [0.4, 0.5) is 5.69 Å². The molecular weight excluding hydrogens is 280 g/mol. The molecule has 6 nitrogen and oxygen atoms in total. The van der Waals surface area contributed by atoms with E-state index >= 15 is 0 Å². The smallest absolute Gasteiger partial charge is 0.251 e. The van der Waals surface area contributed by atoms with Crippen molar-refractivity contribution in [1.82, 2.24) is 5.32 Å². The first kappa shape index (κ1) is 14.3. The Hall–Kier alpha value is -2.15. The van der Waals surface area contributed by atoms with E-state index in [-0.39, 0.29) is 23.8 Å².